The van der Waals surface area contributed by atoms with Gasteiger partial charge < -0.3 is 5.32 Å². The molecule has 1 N–H and O–H groups in total. The van der Waals surface area contributed by atoms with E-state index in [1.165, 1.54) is 11.3 Å². The average Bonchev–Trinajstić information content (AvgIpc) is 3.34. The van der Waals surface area contributed by atoms with Crippen LogP contribution in [-0.2, 0) is 17.0 Å². The van der Waals surface area contributed by atoms with Crippen molar-refractivity contribution in [1.82, 2.24) is 30.0 Å². The minimum Gasteiger partial charge on any atom is -0.359 e. The molecular weight excluding hydrogens is 380 g/mol. The molecule has 0 saturated heterocycles. The first-order chi connectivity index (χ1) is 13.2. The second-order valence-electron chi connectivity index (χ2n) is 5.68. The van der Waals surface area contributed by atoms with Gasteiger partial charge in [-0.15, -0.1) is 11.3 Å². The Morgan fingerprint density at radius 3 is 2.93 bits per heavy atom. The third-order valence-corrected chi connectivity index (χ3v) is 5.81. The summed E-state index contributed by atoms with van der Waals surface area (Å²) in [4.78, 5) is 24.8. The summed E-state index contributed by atoms with van der Waals surface area (Å²) in [6, 6.07) is 9.89. The van der Waals surface area contributed by atoms with Crippen LogP contribution in [0.2, 0.25) is 0 Å². The average molecular weight is 397 g/mol. The van der Waals surface area contributed by atoms with Crippen LogP contribution < -0.4 is 5.32 Å². The minimum atomic E-state index is -0.0330. The molecule has 27 heavy (non-hydrogen) atoms. The molecule has 3 aromatic heterocycles. The van der Waals surface area contributed by atoms with Gasteiger partial charge in [0.1, 0.15) is 16.4 Å². The molecule has 0 atom stereocenters. The minimum absolute atomic E-state index is 0.0330. The standard InChI is InChI=1S/C18H16N6OS2/c1-19-15(25)7-16-23-12(9-26-16)10-27-18-14-8-22-24(17(14)20-11-21-18)13-5-3-2-4-6-13/h2-6,8-9,11H,7,10H2,1H3,(H,19,25). The summed E-state index contributed by atoms with van der Waals surface area (Å²) in [7, 11) is 1.63. The van der Waals surface area contributed by atoms with Crippen molar-refractivity contribution in [1.29, 1.82) is 0 Å². The van der Waals surface area contributed by atoms with Gasteiger partial charge in [-0.3, -0.25) is 4.79 Å². The Balaban J connectivity index is 1.53. The molecule has 0 unspecified atom stereocenters. The van der Waals surface area contributed by atoms with Gasteiger partial charge in [-0.2, -0.15) is 5.10 Å². The molecule has 1 amide bonds. The van der Waals surface area contributed by atoms with Crippen molar-refractivity contribution in [2.75, 3.05) is 7.05 Å². The number of nitrogens with one attached hydrogen (secondary N) is 1. The fraction of sp³-hybridized carbons (Fsp3) is 0.167. The monoisotopic (exact) mass is 396 g/mol. The van der Waals surface area contributed by atoms with Crippen molar-refractivity contribution in [3.8, 4) is 5.69 Å². The summed E-state index contributed by atoms with van der Waals surface area (Å²) in [6.07, 6.45) is 3.67. The second kappa shape index (κ2) is 7.85. The van der Waals surface area contributed by atoms with E-state index in [9.17, 15) is 4.79 Å². The van der Waals surface area contributed by atoms with Gasteiger partial charge in [0, 0.05) is 18.2 Å². The van der Waals surface area contributed by atoms with Crippen LogP contribution in [0.15, 0.2) is 53.3 Å². The lowest BCUT2D eigenvalue weighted by Crippen LogP contribution is -2.19. The summed E-state index contributed by atoms with van der Waals surface area (Å²) in [6.45, 7) is 0. The molecule has 0 saturated carbocycles. The number of rotatable bonds is 6. The number of fused-ring (bicyclic) bond motifs is 1. The predicted molar refractivity (Wildman–Crippen MR) is 106 cm³/mol. The predicted octanol–water partition coefficient (Wildman–Crippen LogP) is 2.85. The Morgan fingerprint density at radius 2 is 2.11 bits per heavy atom. The van der Waals surface area contributed by atoms with E-state index >= 15 is 0 Å². The Bertz CT molecular complexity index is 1080. The molecule has 7 nitrogen and oxygen atoms in total. The number of hydrogen-bond acceptors (Lipinski definition) is 7. The van der Waals surface area contributed by atoms with Crippen molar-refractivity contribution in [3.63, 3.8) is 0 Å². The largest absolute Gasteiger partial charge is 0.359 e. The van der Waals surface area contributed by atoms with E-state index in [1.54, 1.807) is 31.3 Å². The fourth-order valence-electron chi connectivity index (χ4n) is 2.56. The molecule has 0 radical (unpaired) electrons. The topological polar surface area (TPSA) is 85.6 Å². The van der Waals surface area contributed by atoms with Crippen molar-refractivity contribution < 1.29 is 4.79 Å². The number of thioether (sulfide) groups is 1. The van der Waals surface area contributed by atoms with Gasteiger partial charge >= 0.3 is 0 Å². The highest BCUT2D eigenvalue weighted by molar-refractivity contribution is 7.98. The number of aromatic nitrogens is 5. The number of likely N-dealkylation sites (N-methyl/N-ethyl adjacent to an activating group) is 1. The van der Waals surface area contributed by atoms with Gasteiger partial charge in [0.05, 0.1) is 29.4 Å². The van der Waals surface area contributed by atoms with Gasteiger partial charge in [0.15, 0.2) is 5.65 Å². The number of carbonyl (C=O) groups excluding carboxylic acids is 1. The number of benzene rings is 1. The summed E-state index contributed by atoms with van der Waals surface area (Å²) in [5, 5.41) is 11.7. The number of para-hydroxylation sites is 1. The number of carbonyl (C=O) groups is 1. The van der Waals surface area contributed by atoms with Crippen LogP contribution in [0.4, 0.5) is 0 Å². The van der Waals surface area contributed by atoms with Crippen LogP contribution in [-0.4, -0.2) is 37.7 Å². The van der Waals surface area contributed by atoms with E-state index in [-0.39, 0.29) is 5.91 Å². The zero-order valence-electron chi connectivity index (χ0n) is 14.5. The van der Waals surface area contributed by atoms with E-state index in [0.717, 1.165) is 32.4 Å². The maximum atomic E-state index is 11.5. The first-order valence-electron chi connectivity index (χ1n) is 8.25. The SMILES string of the molecule is CNC(=O)Cc1nc(CSc2ncnc3c2cnn3-c2ccccc2)cs1. The Morgan fingerprint density at radius 1 is 1.26 bits per heavy atom. The van der Waals surface area contributed by atoms with E-state index in [4.69, 9.17) is 0 Å². The lowest BCUT2D eigenvalue weighted by atomic mass is 10.3. The molecule has 4 rings (SSSR count). The van der Waals surface area contributed by atoms with Crippen molar-refractivity contribution >= 4 is 40.0 Å². The molecule has 0 bridgehead atoms. The Kier molecular flexibility index (Phi) is 5.12. The van der Waals surface area contributed by atoms with Crippen LogP contribution >= 0.6 is 23.1 Å². The lowest BCUT2D eigenvalue weighted by Gasteiger charge is -2.03. The molecule has 0 aliphatic rings. The maximum Gasteiger partial charge on any atom is 0.226 e. The number of nitrogens with zero attached hydrogens (tertiary/aromatic N) is 5. The Hall–Kier alpha value is -2.78. The first kappa shape index (κ1) is 17.6. The second-order valence-corrected chi connectivity index (χ2v) is 7.59. The van der Waals surface area contributed by atoms with Gasteiger partial charge in [0.2, 0.25) is 5.91 Å². The van der Waals surface area contributed by atoms with Gasteiger partial charge in [-0.05, 0) is 12.1 Å². The third-order valence-electron chi connectivity index (χ3n) is 3.88. The van der Waals surface area contributed by atoms with Crippen LogP contribution in [0, 0.1) is 0 Å². The molecular formula is C18H16N6OS2. The van der Waals surface area contributed by atoms with E-state index in [1.807, 2.05) is 40.4 Å². The van der Waals surface area contributed by atoms with E-state index in [0.29, 0.717) is 12.2 Å². The zero-order chi connectivity index (χ0) is 18.6. The van der Waals surface area contributed by atoms with E-state index in [2.05, 4.69) is 25.4 Å². The smallest absolute Gasteiger partial charge is 0.226 e. The molecule has 0 aliphatic heterocycles. The van der Waals surface area contributed by atoms with Gasteiger partial charge in [-0.25, -0.2) is 19.6 Å². The zero-order valence-corrected chi connectivity index (χ0v) is 16.1. The highest BCUT2D eigenvalue weighted by atomic mass is 32.2. The normalized spacial score (nSPS) is 11.0. The summed E-state index contributed by atoms with van der Waals surface area (Å²) in [5.41, 5.74) is 2.67. The molecule has 136 valence electrons. The van der Waals surface area contributed by atoms with Crippen molar-refractivity contribution in [3.05, 3.63) is 58.9 Å². The molecule has 3 heterocycles. The van der Waals surface area contributed by atoms with Gasteiger partial charge in [0.25, 0.3) is 0 Å². The van der Waals surface area contributed by atoms with Crippen LogP contribution in [0.3, 0.4) is 0 Å². The highest BCUT2D eigenvalue weighted by Crippen LogP contribution is 2.28. The van der Waals surface area contributed by atoms with Crippen molar-refractivity contribution in [2.45, 2.75) is 17.2 Å². The number of thiazole rings is 1. The number of hydrogen-bond donors (Lipinski definition) is 1. The highest BCUT2D eigenvalue weighted by Gasteiger charge is 2.13. The molecule has 0 aliphatic carbocycles. The summed E-state index contributed by atoms with van der Waals surface area (Å²) < 4.78 is 1.81. The van der Waals surface area contributed by atoms with Crippen LogP contribution in [0.1, 0.15) is 10.7 Å². The molecule has 1 aromatic carbocycles. The van der Waals surface area contributed by atoms with Crippen molar-refractivity contribution in [2.24, 2.45) is 0 Å². The van der Waals surface area contributed by atoms with Gasteiger partial charge in [-0.1, -0.05) is 30.0 Å². The van der Waals surface area contributed by atoms with E-state index < -0.39 is 0 Å². The van der Waals surface area contributed by atoms with Crippen LogP contribution in [0.25, 0.3) is 16.7 Å². The summed E-state index contributed by atoms with van der Waals surface area (Å²) in [5.74, 6) is 0.641. The first-order valence-corrected chi connectivity index (χ1v) is 10.1. The molecule has 9 heteroatoms. The third kappa shape index (κ3) is 3.83. The fourth-order valence-corrected chi connectivity index (χ4v) is 4.31. The summed E-state index contributed by atoms with van der Waals surface area (Å²) >= 11 is 3.09. The molecule has 0 fully saturated rings. The van der Waals surface area contributed by atoms with Crippen LogP contribution in [0.5, 0.6) is 0 Å². The molecule has 4 aromatic rings. The maximum absolute atomic E-state index is 11.5. The number of amides is 1. The molecule has 0 spiro atoms. The lowest BCUT2D eigenvalue weighted by molar-refractivity contribution is -0.119. The Labute approximate surface area is 163 Å². The quantitative estimate of drug-likeness (QED) is 0.398.